The Morgan fingerprint density at radius 1 is 0.906 bits per heavy atom. The van der Waals surface area contributed by atoms with Crippen LogP contribution in [0.15, 0.2) is 66.7 Å². The highest BCUT2D eigenvalue weighted by Crippen LogP contribution is 2.34. The second-order valence-corrected chi connectivity index (χ2v) is 7.06. The first-order valence-corrected chi connectivity index (χ1v) is 9.83. The van der Waals surface area contributed by atoms with Gasteiger partial charge in [0.1, 0.15) is 0 Å². The lowest BCUT2D eigenvalue weighted by Gasteiger charge is -2.11. The van der Waals surface area contributed by atoms with E-state index in [1.807, 2.05) is 13.0 Å². The first-order chi connectivity index (χ1) is 15.5. The molecule has 1 aliphatic heterocycles. The number of rotatable bonds is 6. The molecule has 0 radical (unpaired) electrons. The molecule has 8 nitrogen and oxygen atoms in total. The molecule has 2 amide bonds. The number of para-hydroxylation sites is 1. The molecule has 0 saturated carbocycles. The average Bonchev–Trinajstić information content (AvgIpc) is 3.26. The van der Waals surface area contributed by atoms with Gasteiger partial charge in [0, 0.05) is 17.3 Å². The number of benzene rings is 3. The maximum Gasteiger partial charge on any atom is 0.340 e. The van der Waals surface area contributed by atoms with Crippen LogP contribution in [-0.2, 0) is 9.53 Å². The van der Waals surface area contributed by atoms with Gasteiger partial charge in [-0.25, -0.2) is 4.79 Å². The van der Waals surface area contributed by atoms with E-state index in [9.17, 15) is 14.4 Å². The van der Waals surface area contributed by atoms with Gasteiger partial charge in [-0.3, -0.25) is 9.59 Å². The van der Waals surface area contributed by atoms with E-state index < -0.39 is 18.5 Å². The summed E-state index contributed by atoms with van der Waals surface area (Å²) < 4.78 is 15.6. The predicted molar refractivity (Wildman–Crippen MR) is 117 cm³/mol. The molecule has 0 aromatic heterocycles. The summed E-state index contributed by atoms with van der Waals surface area (Å²) in [5.41, 5.74) is 2.33. The lowest BCUT2D eigenvalue weighted by molar-refractivity contribution is -0.119. The molecule has 8 heteroatoms. The molecular formula is C24H20N2O6. The monoisotopic (exact) mass is 432 g/mol. The van der Waals surface area contributed by atoms with E-state index in [1.165, 1.54) is 6.07 Å². The summed E-state index contributed by atoms with van der Waals surface area (Å²) in [5.74, 6) is -0.476. The van der Waals surface area contributed by atoms with E-state index in [1.54, 1.807) is 54.6 Å². The molecule has 3 aromatic rings. The molecule has 1 aliphatic rings. The minimum Gasteiger partial charge on any atom is -0.454 e. The van der Waals surface area contributed by atoms with Crippen molar-refractivity contribution in [2.45, 2.75) is 6.92 Å². The number of ether oxygens (including phenoxy) is 3. The van der Waals surface area contributed by atoms with Gasteiger partial charge >= 0.3 is 5.97 Å². The van der Waals surface area contributed by atoms with Crippen LogP contribution in [0.2, 0.25) is 0 Å². The molecule has 4 rings (SSSR count). The van der Waals surface area contributed by atoms with Gasteiger partial charge in [0.05, 0.1) is 11.3 Å². The van der Waals surface area contributed by atoms with Crippen LogP contribution in [0.4, 0.5) is 11.4 Å². The Labute approximate surface area is 184 Å². The third-order valence-corrected chi connectivity index (χ3v) is 4.67. The zero-order valence-electron chi connectivity index (χ0n) is 17.2. The summed E-state index contributed by atoms with van der Waals surface area (Å²) in [7, 11) is 0. The standard InChI is InChI=1S/C24H20N2O6/c1-15-5-4-6-16(11-15)23(28)26-19-8-3-2-7-18(19)24(29)30-13-22(27)25-17-9-10-20-21(12-17)32-14-31-20/h2-12H,13-14H2,1H3,(H,25,27)(H,26,28). The van der Waals surface area contributed by atoms with Crippen molar-refractivity contribution in [3.63, 3.8) is 0 Å². The van der Waals surface area contributed by atoms with Gasteiger partial charge in [0.25, 0.3) is 11.8 Å². The maximum atomic E-state index is 12.6. The van der Waals surface area contributed by atoms with E-state index >= 15 is 0 Å². The van der Waals surface area contributed by atoms with Crippen LogP contribution in [0.5, 0.6) is 11.5 Å². The van der Waals surface area contributed by atoms with E-state index in [-0.39, 0.29) is 18.3 Å². The molecule has 3 aromatic carbocycles. The Morgan fingerprint density at radius 3 is 2.56 bits per heavy atom. The highest BCUT2D eigenvalue weighted by atomic mass is 16.7. The number of esters is 1. The predicted octanol–water partition coefficient (Wildman–Crippen LogP) is 3.77. The van der Waals surface area contributed by atoms with Crippen molar-refractivity contribution < 1.29 is 28.6 Å². The van der Waals surface area contributed by atoms with E-state index in [2.05, 4.69) is 10.6 Å². The van der Waals surface area contributed by atoms with Crippen LogP contribution in [-0.4, -0.2) is 31.2 Å². The molecule has 0 bridgehead atoms. The highest BCUT2D eigenvalue weighted by Gasteiger charge is 2.18. The molecule has 1 heterocycles. The number of nitrogens with one attached hydrogen (secondary N) is 2. The SMILES string of the molecule is Cc1cccc(C(=O)Nc2ccccc2C(=O)OCC(=O)Nc2ccc3c(c2)OCO3)c1. The van der Waals surface area contributed by atoms with Gasteiger partial charge in [-0.2, -0.15) is 0 Å². The van der Waals surface area contributed by atoms with Crippen molar-refractivity contribution in [1.82, 2.24) is 0 Å². The summed E-state index contributed by atoms with van der Waals surface area (Å²) in [5, 5.41) is 5.35. The van der Waals surface area contributed by atoms with Crippen LogP contribution < -0.4 is 20.1 Å². The van der Waals surface area contributed by atoms with Crippen LogP contribution >= 0.6 is 0 Å². The highest BCUT2D eigenvalue weighted by molar-refractivity contribution is 6.08. The van der Waals surface area contributed by atoms with Crippen LogP contribution in [0, 0.1) is 6.92 Å². The third kappa shape index (κ3) is 4.86. The maximum absolute atomic E-state index is 12.6. The second-order valence-electron chi connectivity index (χ2n) is 7.06. The molecule has 0 atom stereocenters. The van der Waals surface area contributed by atoms with Gasteiger partial charge in [-0.05, 0) is 43.3 Å². The van der Waals surface area contributed by atoms with Gasteiger partial charge in [0.2, 0.25) is 6.79 Å². The van der Waals surface area contributed by atoms with E-state index in [4.69, 9.17) is 14.2 Å². The van der Waals surface area contributed by atoms with Gasteiger partial charge < -0.3 is 24.8 Å². The van der Waals surface area contributed by atoms with Crippen LogP contribution in [0.1, 0.15) is 26.3 Å². The Bertz CT molecular complexity index is 1190. The average molecular weight is 432 g/mol. The number of hydrogen-bond donors (Lipinski definition) is 2. The largest absolute Gasteiger partial charge is 0.454 e. The Morgan fingerprint density at radius 2 is 1.72 bits per heavy atom. The van der Waals surface area contributed by atoms with Crippen molar-refractivity contribution in [2.24, 2.45) is 0 Å². The topological polar surface area (TPSA) is 103 Å². The fraction of sp³-hybridized carbons (Fsp3) is 0.125. The van der Waals surface area contributed by atoms with Crippen molar-refractivity contribution in [1.29, 1.82) is 0 Å². The van der Waals surface area contributed by atoms with E-state index in [0.29, 0.717) is 28.4 Å². The zero-order valence-corrected chi connectivity index (χ0v) is 17.2. The molecule has 2 N–H and O–H groups in total. The van der Waals surface area contributed by atoms with E-state index in [0.717, 1.165) is 5.56 Å². The first-order valence-electron chi connectivity index (χ1n) is 9.83. The number of hydrogen-bond acceptors (Lipinski definition) is 6. The van der Waals surface area contributed by atoms with Crippen LogP contribution in [0.25, 0.3) is 0 Å². The molecule has 0 unspecified atom stereocenters. The normalized spacial score (nSPS) is 11.5. The third-order valence-electron chi connectivity index (χ3n) is 4.67. The fourth-order valence-corrected chi connectivity index (χ4v) is 3.13. The van der Waals surface area contributed by atoms with Crippen molar-refractivity contribution in [2.75, 3.05) is 24.0 Å². The smallest absolute Gasteiger partial charge is 0.340 e. The number of anilines is 2. The van der Waals surface area contributed by atoms with Crippen molar-refractivity contribution in [3.05, 3.63) is 83.4 Å². The molecular weight excluding hydrogens is 412 g/mol. The van der Waals surface area contributed by atoms with Gasteiger partial charge in [-0.15, -0.1) is 0 Å². The second kappa shape index (κ2) is 9.22. The summed E-state index contributed by atoms with van der Waals surface area (Å²) in [6, 6.07) is 18.5. The first kappa shape index (κ1) is 20.9. The molecule has 0 spiro atoms. The summed E-state index contributed by atoms with van der Waals surface area (Å²) in [6.45, 7) is 1.52. The molecule has 162 valence electrons. The van der Waals surface area contributed by atoms with Gasteiger partial charge in [-0.1, -0.05) is 29.8 Å². The Kier molecular flexibility index (Phi) is 6.03. The number of carbonyl (C=O) groups is 3. The molecule has 0 aliphatic carbocycles. The Balaban J connectivity index is 1.37. The van der Waals surface area contributed by atoms with Crippen molar-refractivity contribution >= 4 is 29.2 Å². The quantitative estimate of drug-likeness (QED) is 0.575. The van der Waals surface area contributed by atoms with Crippen LogP contribution in [0.3, 0.4) is 0 Å². The summed E-state index contributed by atoms with van der Waals surface area (Å²) >= 11 is 0. The molecule has 32 heavy (non-hydrogen) atoms. The lowest BCUT2D eigenvalue weighted by atomic mass is 10.1. The molecule has 0 fully saturated rings. The fourth-order valence-electron chi connectivity index (χ4n) is 3.13. The van der Waals surface area contributed by atoms with Gasteiger partial charge in [0.15, 0.2) is 18.1 Å². The summed E-state index contributed by atoms with van der Waals surface area (Å²) in [6.07, 6.45) is 0. The number of fused-ring (bicyclic) bond motifs is 1. The lowest BCUT2D eigenvalue weighted by Crippen LogP contribution is -2.22. The molecule has 0 saturated heterocycles. The zero-order chi connectivity index (χ0) is 22.5. The Hall–Kier alpha value is -4.33. The number of aryl methyl sites for hydroxylation is 1. The minimum absolute atomic E-state index is 0.129. The van der Waals surface area contributed by atoms with Crippen molar-refractivity contribution in [3.8, 4) is 11.5 Å². The number of carbonyl (C=O) groups excluding carboxylic acids is 3. The summed E-state index contributed by atoms with van der Waals surface area (Å²) in [4.78, 5) is 37.3. The number of amides is 2. The minimum atomic E-state index is -0.731.